The number of aliphatic hydroxyl groups is 1. The third-order valence-corrected chi connectivity index (χ3v) is 3.72. The van der Waals surface area contributed by atoms with E-state index < -0.39 is 11.8 Å². The lowest BCUT2D eigenvalue weighted by Crippen LogP contribution is -2.42. The Morgan fingerprint density at radius 2 is 2.04 bits per heavy atom. The number of methoxy groups -OCH3 is 1. The predicted octanol–water partition coefficient (Wildman–Crippen LogP) is 1.95. The highest BCUT2D eigenvalue weighted by atomic mass is 19.1. The quantitative estimate of drug-likeness (QED) is 0.755. The fourth-order valence-electron chi connectivity index (χ4n) is 2.65. The number of ether oxygens (including phenoxy) is 1. The smallest absolute Gasteiger partial charge is 0.184 e. The Bertz CT molecular complexity index is 728. The van der Waals surface area contributed by atoms with Crippen molar-refractivity contribution in [2.24, 2.45) is 0 Å². The maximum atomic E-state index is 13.3. The normalized spacial score (nSPS) is 15.3. The molecule has 0 saturated carbocycles. The molecule has 0 amide bonds. The van der Waals surface area contributed by atoms with Gasteiger partial charge in [-0.25, -0.2) is 14.1 Å². The number of halogens is 1. The van der Waals surface area contributed by atoms with Crippen molar-refractivity contribution in [3.05, 3.63) is 72.8 Å². The lowest BCUT2D eigenvalue weighted by atomic mass is 9.91. The number of rotatable bonds is 6. The first-order valence-electron chi connectivity index (χ1n) is 7.09. The fourth-order valence-corrected chi connectivity index (χ4v) is 2.65. The van der Waals surface area contributed by atoms with Crippen LogP contribution in [0.25, 0.3) is 0 Å². The van der Waals surface area contributed by atoms with Crippen molar-refractivity contribution in [2.75, 3.05) is 7.11 Å². The highest BCUT2D eigenvalue weighted by molar-refractivity contribution is 5.24. The van der Waals surface area contributed by atoms with Gasteiger partial charge >= 0.3 is 0 Å². The van der Waals surface area contributed by atoms with Gasteiger partial charge in [0.25, 0.3) is 0 Å². The molecule has 0 unspecified atom stereocenters. The molecule has 0 saturated heterocycles. The van der Waals surface area contributed by atoms with Crippen LogP contribution in [0.5, 0.6) is 0 Å². The van der Waals surface area contributed by atoms with Gasteiger partial charge in [0.05, 0.1) is 12.9 Å². The van der Waals surface area contributed by atoms with E-state index in [1.54, 1.807) is 53.9 Å². The summed E-state index contributed by atoms with van der Waals surface area (Å²) < 4.78 is 22.0. The van der Waals surface area contributed by atoms with E-state index >= 15 is 0 Å². The standard InChI is InChI=1S/C16H17FN4O2/c1-23-15(21-9-2-7-19-21)16(22,11-20-10-8-18-12-20)13-3-5-14(17)6-4-13/h2-10,12,15,22H,11H2,1H3/t15-,16+/m1/s1. The van der Waals surface area contributed by atoms with Crippen LogP contribution < -0.4 is 0 Å². The van der Waals surface area contributed by atoms with Crippen molar-refractivity contribution < 1.29 is 14.2 Å². The van der Waals surface area contributed by atoms with Crippen LogP contribution >= 0.6 is 0 Å². The molecule has 1 N–H and O–H groups in total. The Morgan fingerprint density at radius 3 is 2.61 bits per heavy atom. The molecule has 2 aromatic heterocycles. The lowest BCUT2D eigenvalue weighted by Gasteiger charge is -2.36. The number of benzene rings is 1. The van der Waals surface area contributed by atoms with Crippen molar-refractivity contribution in [2.45, 2.75) is 18.4 Å². The summed E-state index contributed by atoms with van der Waals surface area (Å²) in [6.07, 6.45) is 7.49. The van der Waals surface area contributed by atoms with Crippen LogP contribution in [0.4, 0.5) is 4.39 Å². The first-order valence-corrected chi connectivity index (χ1v) is 7.09. The number of hydrogen-bond acceptors (Lipinski definition) is 4. The van der Waals surface area contributed by atoms with E-state index in [1.165, 1.54) is 23.9 Å². The maximum Gasteiger partial charge on any atom is 0.184 e. The molecular weight excluding hydrogens is 299 g/mol. The highest BCUT2D eigenvalue weighted by Crippen LogP contribution is 2.35. The van der Waals surface area contributed by atoms with Gasteiger partial charge in [-0.05, 0) is 23.8 Å². The molecule has 3 rings (SSSR count). The molecule has 0 aliphatic heterocycles. The van der Waals surface area contributed by atoms with E-state index in [0.717, 1.165) is 0 Å². The maximum absolute atomic E-state index is 13.3. The van der Waals surface area contributed by atoms with Gasteiger partial charge in [0.1, 0.15) is 5.82 Å². The summed E-state index contributed by atoms with van der Waals surface area (Å²) in [7, 11) is 1.49. The summed E-state index contributed by atoms with van der Waals surface area (Å²) in [5.74, 6) is -0.369. The summed E-state index contributed by atoms with van der Waals surface area (Å²) in [6, 6.07) is 7.45. The minimum Gasteiger partial charge on any atom is -0.378 e. The van der Waals surface area contributed by atoms with Crippen molar-refractivity contribution in [3.8, 4) is 0 Å². The Labute approximate surface area is 132 Å². The summed E-state index contributed by atoms with van der Waals surface area (Å²) in [5, 5.41) is 15.6. The van der Waals surface area contributed by atoms with Gasteiger partial charge < -0.3 is 14.4 Å². The summed E-state index contributed by atoms with van der Waals surface area (Å²) in [6.45, 7) is 0.178. The van der Waals surface area contributed by atoms with Crippen LogP contribution in [0.1, 0.15) is 11.8 Å². The van der Waals surface area contributed by atoms with Crippen LogP contribution in [0.15, 0.2) is 61.4 Å². The Hall–Kier alpha value is -2.51. The van der Waals surface area contributed by atoms with Crippen molar-refractivity contribution in [1.29, 1.82) is 0 Å². The molecule has 120 valence electrons. The minimum absolute atomic E-state index is 0.178. The van der Waals surface area contributed by atoms with Gasteiger partial charge in [-0.15, -0.1) is 0 Å². The summed E-state index contributed by atoms with van der Waals surface area (Å²) >= 11 is 0. The highest BCUT2D eigenvalue weighted by Gasteiger charge is 2.41. The second kappa shape index (κ2) is 6.31. The van der Waals surface area contributed by atoms with Gasteiger partial charge in [-0.1, -0.05) is 12.1 Å². The predicted molar refractivity (Wildman–Crippen MR) is 80.8 cm³/mol. The van der Waals surface area contributed by atoms with E-state index in [9.17, 15) is 9.50 Å². The van der Waals surface area contributed by atoms with Crippen LogP contribution in [0, 0.1) is 5.82 Å². The summed E-state index contributed by atoms with van der Waals surface area (Å²) in [4.78, 5) is 3.99. The largest absolute Gasteiger partial charge is 0.378 e. The van der Waals surface area contributed by atoms with E-state index in [-0.39, 0.29) is 12.4 Å². The number of imidazole rings is 1. The monoisotopic (exact) mass is 316 g/mol. The third kappa shape index (κ3) is 3.01. The molecule has 23 heavy (non-hydrogen) atoms. The third-order valence-electron chi connectivity index (χ3n) is 3.72. The van der Waals surface area contributed by atoms with Gasteiger partial charge in [-0.3, -0.25) is 0 Å². The molecular formula is C16H17FN4O2. The molecule has 0 bridgehead atoms. The van der Waals surface area contributed by atoms with Crippen LogP contribution in [-0.2, 0) is 16.9 Å². The molecule has 7 heteroatoms. The van der Waals surface area contributed by atoms with Crippen molar-refractivity contribution in [3.63, 3.8) is 0 Å². The van der Waals surface area contributed by atoms with Gasteiger partial charge in [0.2, 0.25) is 0 Å². The van der Waals surface area contributed by atoms with Gasteiger partial charge in [-0.2, -0.15) is 5.10 Å². The Morgan fingerprint density at radius 1 is 1.26 bits per heavy atom. The molecule has 0 aliphatic carbocycles. The zero-order valence-corrected chi connectivity index (χ0v) is 12.6. The Kier molecular flexibility index (Phi) is 4.22. The average molecular weight is 316 g/mol. The van der Waals surface area contributed by atoms with Crippen LogP contribution in [-0.4, -0.2) is 31.5 Å². The molecule has 3 aromatic rings. The van der Waals surface area contributed by atoms with Crippen molar-refractivity contribution in [1.82, 2.24) is 19.3 Å². The molecule has 2 atom stereocenters. The lowest BCUT2D eigenvalue weighted by molar-refractivity contribution is -0.152. The molecule has 0 spiro atoms. The first kappa shape index (κ1) is 15.4. The van der Waals surface area contributed by atoms with E-state index in [0.29, 0.717) is 5.56 Å². The number of nitrogens with zero attached hydrogens (tertiary/aromatic N) is 4. The Balaban J connectivity index is 2.06. The zero-order chi connectivity index (χ0) is 16.3. The van der Waals surface area contributed by atoms with E-state index in [4.69, 9.17) is 4.74 Å². The molecule has 0 radical (unpaired) electrons. The topological polar surface area (TPSA) is 65.1 Å². The fraction of sp³-hybridized carbons (Fsp3) is 0.250. The second-order valence-corrected chi connectivity index (χ2v) is 5.24. The second-order valence-electron chi connectivity index (χ2n) is 5.24. The molecule has 2 heterocycles. The molecule has 0 aliphatic rings. The average Bonchev–Trinajstić information content (AvgIpc) is 3.22. The van der Waals surface area contributed by atoms with Gasteiger partial charge in [0, 0.05) is 31.9 Å². The molecule has 1 aromatic carbocycles. The van der Waals surface area contributed by atoms with Crippen LogP contribution in [0.2, 0.25) is 0 Å². The SMILES string of the molecule is CO[C@@H](n1cccn1)[C@](O)(Cn1ccnc1)c1ccc(F)cc1. The first-order chi connectivity index (χ1) is 11.1. The summed E-state index contributed by atoms with van der Waals surface area (Å²) in [5.41, 5.74) is -0.940. The molecule has 6 nitrogen and oxygen atoms in total. The molecule has 0 fully saturated rings. The van der Waals surface area contributed by atoms with E-state index in [2.05, 4.69) is 10.1 Å². The van der Waals surface area contributed by atoms with Crippen LogP contribution in [0.3, 0.4) is 0 Å². The zero-order valence-electron chi connectivity index (χ0n) is 12.6. The van der Waals surface area contributed by atoms with E-state index in [1.807, 2.05) is 0 Å². The minimum atomic E-state index is -1.46. The van der Waals surface area contributed by atoms with Gasteiger partial charge in [0.15, 0.2) is 11.8 Å². The number of hydrogen-bond donors (Lipinski definition) is 1. The van der Waals surface area contributed by atoms with Crippen molar-refractivity contribution >= 4 is 0 Å². The number of aromatic nitrogens is 4.